The highest BCUT2D eigenvalue weighted by atomic mass is 16.5. The van der Waals surface area contributed by atoms with Gasteiger partial charge >= 0.3 is 12.1 Å². The number of hydrogen-bond donors (Lipinski definition) is 3. The van der Waals surface area contributed by atoms with Crippen LogP contribution in [0.5, 0.6) is 0 Å². The molecule has 1 saturated carbocycles. The van der Waals surface area contributed by atoms with Crippen molar-refractivity contribution >= 4 is 18.0 Å². The molecule has 214 valence electrons. The van der Waals surface area contributed by atoms with Crippen molar-refractivity contribution in [3.63, 3.8) is 0 Å². The second-order valence-corrected chi connectivity index (χ2v) is 10.9. The summed E-state index contributed by atoms with van der Waals surface area (Å²) in [7, 11) is 0. The highest BCUT2D eigenvalue weighted by Gasteiger charge is 2.34. The van der Waals surface area contributed by atoms with Crippen LogP contribution in [0.4, 0.5) is 4.79 Å². The first kappa shape index (κ1) is 28.4. The molecule has 0 bridgehead atoms. The molecule has 1 fully saturated rings. The molecule has 0 saturated heterocycles. The van der Waals surface area contributed by atoms with E-state index in [0.29, 0.717) is 12.8 Å². The van der Waals surface area contributed by atoms with Crippen LogP contribution in [0.3, 0.4) is 0 Å². The van der Waals surface area contributed by atoms with E-state index in [4.69, 9.17) is 14.6 Å². The molecule has 0 unspecified atom stereocenters. The third-order valence-corrected chi connectivity index (χ3v) is 8.08. The van der Waals surface area contributed by atoms with E-state index in [1.54, 1.807) is 6.92 Å². The van der Waals surface area contributed by atoms with Gasteiger partial charge in [0.15, 0.2) is 0 Å². The fraction of sp³-hybridized carbons (Fsp3) is 0.364. The minimum absolute atomic E-state index is 0.0260. The van der Waals surface area contributed by atoms with Gasteiger partial charge in [-0.3, -0.25) is 9.59 Å². The molecule has 8 heteroatoms. The maximum absolute atomic E-state index is 13.4. The van der Waals surface area contributed by atoms with Gasteiger partial charge < -0.3 is 25.2 Å². The molecule has 3 aromatic rings. The summed E-state index contributed by atoms with van der Waals surface area (Å²) in [6.45, 7) is 2.16. The number of carbonyl (C=O) groups excluding carboxylic acids is 2. The summed E-state index contributed by atoms with van der Waals surface area (Å²) in [5, 5.41) is 14.9. The molecule has 3 N–H and O–H groups in total. The number of carboxylic acids is 1. The lowest BCUT2D eigenvalue weighted by Crippen LogP contribution is -2.55. The Morgan fingerprint density at radius 3 is 2.20 bits per heavy atom. The second kappa shape index (κ2) is 13.0. The average molecular weight is 557 g/mol. The van der Waals surface area contributed by atoms with Crippen LogP contribution in [0.1, 0.15) is 55.2 Å². The fourth-order valence-electron chi connectivity index (χ4n) is 5.99. The van der Waals surface area contributed by atoms with Crippen LogP contribution in [0, 0.1) is 5.92 Å². The van der Waals surface area contributed by atoms with E-state index in [1.807, 2.05) is 54.6 Å². The Hall–Kier alpha value is -4.17. The van der Waals surface area contributed by atoms with E-state index in [9.17, 15) is 14.4 Å². The highest BCUT2D eigenvalue weighted by molar-refractivity contribution is 5.86. The van der Waals surface area contributed by atoms with Gasteiger partial charge in [0, 0.05) is 18.4 Å². The largest absolute Gasteiger partial charge is 0.481 e. The van der Waals surface area contributed by atoms with E-state index < -0.39 is 24.2 Å². The molecule has 4 atom stereocenters. The van der Waals surface area contributed by atoms with Gasteiger partial charge in [-0.2, -0.15) is 0 Å². The average Bonchev–Trinajstić information content (AvgIpc) is 3.55. The zero-order valence-corrected chi connectivity index (χ0v) is 23.1. The number of benzene rings is 3. The van der Waals surface area contributed by atoms with Crippen LogP contribution < -0.4 is 10.6 Å². The van der Waals surface area contributed by atoms with E-state index in [1.165, 1.54) is 0 Å². The van der Waals surface area contributed by atoms with Crippen LogP contribution in [-0.4, -0.2) is 47.9 Å². The van der Waals surface area contributed by atoms with Crippen LogP contribution >= 0.6 is 0 Å². The summed E-state index contributed by atoms with van der Waals surface area (Å²) in [5.41, 5.74) is 5.43. The number of alkyl carbamates (subject to hydrolysis) is 1. The van der Waals surface area contributed by atoms with E-state index in [-0.39, 0.29) is 43.4 Å². The molecule has 0 radical (unpaired) electrons. The number of fused-ring (bicyclic) bond motifs is 3. The number of rotatable bonds is 11. The van der Waals surface area contributed by atoms with Crippen LogP contribution in [0.2, 0.25) is 0 Å². The van der Waals surface area contributed by atoms with Gasteiger partial charge in [-0.15, -0.1) is 0 Å². The summed E-state index contributed by atoms with van der Waals surface area (Å²) >= 11 is 0. The fourth-order valence-corrected chi connectivity index (χ4v) is 5.99. The van der Waals surface area contributed by atoms with Crippen molar-refractivity contribution in [1.82, 2.24) is 10.6 Å². The van der Waals surface area contributed by atoms with E-state index >= 15 is 0 Å². The van der Waals surface area contributed by atoms with Crippen molar-refractivity contribution in [3.8, 4) is 11.1 Å². The molecule has 3 aromatic carbocycles. The summed E-state index contributed by atoms with van der Waals surface area (Å²) < 4.78 is 11.7. The lowest BCUT2D eigenvalue weighted by molar-refractivity contribution is -0.138. The number of carbonyl (C=O) groups is 3. The number of amides is 2. The Kier molecular flexibility index (Phi) is 8.99. The predicted molar refractivity (Wildman–Crippen MR) is 154 cm³/mol. The lowest BCUT2D eigenvalue weighted by Gasteiger charge is -2.26. The SMILES string of the molecule is C[C@H](OCc1ccccc1)[C@@H](NC(=O)OCC1c2ccccc2-c2ccccc21)C(=O)N[C@@H]1CC[C@H](CC(=O)O)C1. The van der Waals surface area contributed by atoms with Gasteiger partial charge in [0.25, 0.3) is 0 Å². The van der Waals surface area contributed by atoms with E-state index in [0.717, 1.165) is 34.2 Å². The van der Waals surface area contributed by atoms with Crippen LogP contribution in [0.15, 0.2) is 78.9 Å². The van der Waals surface area contributed by atoms with Gasteiger partial charge in [-0.1, -0.05) is 78.9 Å². The summed E-state index contributed by atoms with van der Waals surface area (Å²) in [5.74, 6) is -1.28. The van der Waals surface area contributed by atoms with Crippen molar-refractivity contribution in [2.45, 2.75) is 63.3 Å². The zero-order valence-electron chi connectivity index (χ0n) is 23.1. The standard InChI is InChI=1S/C33H36N2O6/c1-21(40-19-22-9-3-2-4-10-22)31(32(38)34-24-16-15-23(17-24)18-30(36)37)35-33(39)41-20-29-27-13-7-5-11-25(27)26-12-6-8-14-28(26)29/h2-14,21,23-24,29,31H,15-20H2,1H3,(H,34,38)(H,35,39)(H,36,37)/t21-,23-,24+,31+/m0/s1. The number of carboxylic acid groups (broad SMARTS) is 1. The summed E-state index contributed by atoms with van der Waals surface area (Å²) in [6.07, 6.45) is 0.770. The van der Waals surface area contributed by atoms with Gasteiger partial charge in [0.05, 0.1) is 12.7 Å². The van der Waals surface area contributed by atoms with Gasteiger partial charge in [0.1, 0.15) is 12.6 Å². The molecule has 2 aliphatic rings. The number of aliphatic carboxylic acids is 1. The number of hydrogen-bond acceptors (Lipinski definition) is 5. The molecule has 0 aliphatic heterocycles. The van der Waals surface area contributed by atoms with Gasteiger partial charge in [-0.05, 0) is 59.9 Å². The second-order valence-electron chi connectivity index (χ2n) is 10.9. The first-order valence-corrected chi connectivity index (χ1v) is 14.2. The summed E-state index contributed by atoms with van der Waals surface area (Å²) in [4.78, 5) is 37.6. The monoisotopic (exact) mass is 556 g/mol. The summed E-state index contributed by atoms with van der Waals surface area (Å²) in [6, 6.07) is 24.7. The Morgan fingerprint density at radius 2 is 1.54 bits per heavy atom. The van der Waals surface area contributed by atoms with Crippen molar-refractivity contribution in [2.75, 3.05) is 6.61 Å². The molecule has 0 heterocycles. The third kappa shape index (κ3) is 6.95. The minimum atomic E-state index is -0.993. The lowest BCUT2D eigenvalue weighted by atomic mass is 9.98. The normalized spacial score (nSPS) is 19.0. The number of ether oxygens (including phenoxy) is 2. The smallest absolute Gasteiger partial charge is 0.407 e. The molecule has 2 aliphatic carbocycles. The third-order valence-electron chi connectivity index (χ3n) is 8.08. The molecule has 8 nitrogen and oxygen atoms in total. The maximum Gasteiger partial charge on any atom is 0.407 e. The molecule has 5 rings (SSSR count). The van der Waals surface area contributed by atoms with Crippen LogP contribution in [0.25, 0.3) is 11.1 Å². The molecule has 0 spiro atoms. The van der Waals surface area contributed by atoms with Crippen molar-refractivity contribution < 1.29 is 29.0 Å². The van der Waals surface area contributed by atoms with Crippen molar-refractivity contribution in [1.29, 1.82) is 0 Å². The first-order chi connectivity index (χ1) is 19.9. The molecule has 41 heavy (non-hydrogen) atoms. The Balaban J connectivity index is 1.24. The highest BCUT2D eigenvalue weighted by Crippen LogP contribution is 2.44. The Bertz CT molecular complexity index is 1330. The van der Waals surface area contributed by atoms with E-state index in [2.05, 4.69) is 34.9 Å². The molecular weight excluding hydrogens is 520 g/mol. The quantitative estimate of drug-likeness (QED) is 0.297. The molecular formula is C33H36N2O6. The topological polar surface area (TPSA) is 114 Å². The van der Waals surface area contributed by atoms with Gasteiger partial charge in [0.2, 0.25) is 5.91 Å². The van der Waals surface area contributed by atoms with Crippen LogP contribution in [-0.2, 0) is 25.7 Å². The Labute approximate surface area is 240 Å². The maximum atomic E-state index is 13.4. The van der Waals surface area contributed by atoms with Crippen molar-refractivity contribution in [2.24, 2.45) is 5.92 Å². The molecule has 2 amide bonds. The number of nitrogens with one attached hydrogen (secondary N) is 2. The predicted octanol–water partition coefficient (Wildman–Crippen LogP) is 5.26. The Morgan fingerprint density at radius 1 is 0.902 bits per heavy atom. The minimum Gasteiger partial charge on any atom is -0.481 e. The zero-order chi connectivity index (χ0) is 28.8. The van der Waals surface area contributed by atoms with Crippen molar-refractivity contribution in [3.05, 3.63) is 95.6 Å². The molecule has 0 aromatic heterocycles. The first-order valence-electron chi connectivity index (χ1n) is 14.2. The van der Waals surface area contributed by atoms with Gasteiger partial charge in [-0.25, -0.2) is 4.79 Å².